The third-order valence-electron chi connectivity index (χ3n) is 2.04. The third kappa shape index (κ3) is 2.18. The molecule has 2 N–H and O–H groups in total. The van der Waals surface area contributed by atoms with E-state index in [9.17, 15) is 0 Å². The van der Waals surface area contributed by atoms with Gasteiger partial charge in [-0.3, -0.25) is 5.10 Å². The van der Waals surface area contributed by atoms with E-state index in [0.29, 0.717) is 0 Å². The standard InChI is InChI=1S/C9H12N4S/c1-7-8(3-12-13-7)2-10-4-9-5-14-6-11-9/h3,5-6,10H,2,4H2,1H3,(H,12,13). The van der Waals surface area contributed by atoms with Crippen LogP contribution in [0.4, 0.5) is 0 Å². The van der Waals surface area contributed by atoms with Crippen LogP contribution < -0.4 is 5.32 Å². The number of rotatable bonds is 4. The maximum atomic E-state index is 4.19. The Bertz CT molecular complexity index is 379. The van der Waals surface area contributed by atoms with E-state index >= 15 is 0 Å². The van der Waals surface area contributed by atoms with E-state index < -0.39 is 0 Å². The van der Waals surface area contributed by atoms with Gasteiger partial charge in [0.25, 0.3) is 0 Å². The fourth-order valence-electron chi connectivity index (χ4n) is 1.20. The molecular weight excluding hydrogens is 196 g/mol. The van der Waals surface area contributed by atoms with Gasteiger partial charge in [0.1, 0.15) is 0 Å². The molecular formula is C9H12N4S. The number of nitrogens with zero attached hydrogens (tertiary/aromatic N) is 2. The van der Waals surface area contributed by atoms with Gasteiger partial charge in [-0.25, -0.2) is 4.98 Å². The van der Waals surface area contributed by atoms with Crippen LogP contribution in [-0.2, 0) is 13.1 Å². The van der Waals surface area contributed by atoms with Gasteiger partial charge >= 0.3 is 0 Å². The van der Waals surface area contributed by atoms with Crippen molar-refractivity contribution in [1.29, 1.82) is 0 Å². The lowest BCUT2D eigenvalue weighted by Crippen LogP contribution is -2.12. The number of aromatic nitrogens is 3. The molecule has 0 amide bonds. The summed E-state index contributed by atoms with van der Waals surface area (Å²) in [4.78, 5) is 4.19. The molecule has 0 aliphatic rings. The van der Waals surface area contributed by atoms with Crippen molar-refractivity contribution in [3.05, 3.63) is 34.0 Å². The fourth-order valence-corrected chi connectivity index (χ4v) is 1.76. The molecule has 0 atom stereocenters. The van der Waals surface area contributed by atoms with Crippen LogP contribution in [0.2, 0.25) is 0 Å². The van der Waals surface area contributed by atoms with Crippen molar-refractivity contribution in [2.45, 2.75) is 20.0 Å². The fraction of sp³-hybridized carbons (Fsp3) is 0.333. The van der Waals surface area contributed by atoms with Crippen molar-refractivity contribution in [2.75, 3.05) is 0 Å². The highest BCUT2D eigenvalue weighted by Gasteiger charge is 1.99. The van der Waals surface area contributed by atoms with Crippen molar-refractivity contribution in [3.8, 4) is 0 Å². The van der Waals surface area contributed by atoms with E-state index in [-0.39, 0.29) is 0 Å². The summed E-state index contributed by atoms with van der Waals surface area (Å²) in [7, 11) is 0. The Morgan fingerprint density at radius 2 is 2.43 bits per heavy atom. The first-order valence-electron chi connectivity index (χ1n) is 4.43. The summed E-state index contributed by atoms with van der Waals surface area (Å²) in [5, 5.41) is 12.2. The molecule has 0 unspecified atom stereocenters. The summed E-state index contributed by atoms with van der Waals surface area (Å²) in [5.41, 5.74) is 5.27. The Kier molecular flexibility index (Phi) is 2.90. The SMILES string of the molecule is Cc1[nH]ncc1CNCc1cscn1. The van der Waals surface area contributed by atoms with Gasteiger partial charge in [0.15, 0.2) is 0 Å². The average molecular weight is 208 g/mol. The largest absolute Gasteiger partial charge is 0.307 e. The van der Waals surface area contributed by atoms with Crippen LogP contribution in [0.15, 0.2) is 17.1 Å². The molecule has 5 heteroatoms. The molecule has 0 aliphatic heterocycles. The molecule has 0 aromatic carbocycles. The minimum atomic E-state index is 0.814. The van der Waals surface area contributed by atoms with Crippen LogP contribution in [0.3, 0.4) is 0 Å². The molecule has 0 radical (unpaired) electrons. The number of thiazole rings is 1. The summed E-state index contributed by atoms with van der Waals surface area (Å²) >= 11 is 1.62. The molecule has 0 fully saturated rings. The predicted octanol–water partition coefficient (Wildman–Crippen LogP) is 1.46. The molecule has 2 aromatic heterocycles. The molecule has 14 heavy (non-hydrogen) atoms. The zero-order valence-electron chi connectivity index (χ0n) is 7.95. The number of hydrogen-bond acceptors (Lipinski definition) is 4. The molecule has 0 spiro atoms. The van der Waals surface area contributed by atoms with Gasteiger partial charge in [-0.2, -0.15) is 5.10 Å². The molecule has 74 valence electrons. The average Bonchev–Trinajstić information content (AvgIpc) is 2.78. The molecule has 0 saturated heterocycles. The van der Waals surface area contributed by atoms with Crippen LogP contribution in [0.1, 0.15) is 17.0 Å². The lowest BCUT2D eigenvalue weighted by molar-refractivity contribution is 0.680. The summed E-state index contributed by atoms with van der Waals surface area (Å²) < 4.78 is 0. The summed E-state index contributed by atoms with van der Waals surface area (Å²) in [6, 6.07) is 0. The molecule has 0 aliphatic carbocycles. The molecule has 2 heterocycles. The molecule has 0 bridgehead atoms. The number of hydrogen-bond donors (Lipinski definition) is 2. The van der Waals surface area contributed by atoms with Gasteiger partial charge in [0.05, 0.1) is 17.4 Å². The van der Waals surface area contributed by atoms with Gasteiger partial charge in [-0.1, -0.05) is 0 Å². The van der Waals surface area contributed by atoms with E-state index in [0.717, 1.165) is 24.5 Å². The maximum absolute atomic E-state index is 4.19. The van der Waals surface area contributed by atoms with E-state index in [1.54, 1.807) is 11.3 Å². The highest BCUT2D eigenvalue weighted by Crippen LogP contribution is 2.03. The summed E-state index contributed by atoms with van der Waals surface area (Å²) in [6.45, 7) is 3.67. The maximum Gasteiger partial charge on any atom is 0.0795 e. The predicted molar refractivity (Wildman–Crippen MR) is 56.0 cm³/mol. The van der Waals surface area contributed by atoms with Gasteiger partial charge in [0.2, 0.25) is 0 Å². The third-order valence-corrected chi connectivity index (χ3v) is 2.67. The van der Waals surface area contributed by atoms with Crippen LogP contribution in [0.5, 0.6) is 0 Å². The summed E-state index contributed by atoms with van der Waals surface area (Å²) in [6.07, 6.45) is 1.85. The Balaban J connectivity index is 1.81. The number of aromatic amines is 1. The van der Waals surface area contributed by atoms with E-state index in [2.05, 4.69) is 25.9 Å². The normalized spacial score (nSPS) is 10.6. The quantitative estimate of drug-likeness (QED) is 0.800. The lowest BCUT2D eigenvalue weighted by atomic mass is 10.2. The minimum absolute atomic E-state index is 0.814. The summed E-state index contributed by atoms with van der Waals surface area (Å²) in [5.74, 6) is 0. The van der Waals surface area contributed by atoms with Gasteiger partial charge < -0.3 is 5.32 Å². The number of H-pyrrole nitrogens is 1. The van der Waals surface area contributed by atoms with E-state index in [4.69, 9.17) is 0 Å². The Morgan fingerprint density at radius 3 is 3.07 bits per heavy atom. The second-order valence-corrected chi connectivity index (χ2v) is 3.82. The first-order chi connectivity index (χ1) is 6.86. The second kappa shape index (κ2) is 4.34. The number of aryl methyl sites for hydroxylation is 1. The van der Waals surface area contributed by atoms with Crippen LogP contribution in [0, 0.1) is 6.92 Å². The topological polar surface area (TPSA) is 53.6 Å². The zero-order chi connectivity index (χ0) is 9.80. The molecule has 2 rings (SSSR count). The molecule has 4 nitrogen and oxygen atoms in total. The second-order valence-electron chi connectivity index (χ2n) is 3.10. The number of nitrogens with one attached hydrogen (secondary N) is 2. The van der Waals surface area contributed by atoms with Crippen molar-refractivity contribution < 1.29 is 0 Å². The van der Waals surface area contributed by atoms with Gasteiger partial charge in [0, 0.05) is 29.7 Å². The Hall–Kier alpha value is -1.20. The highest BCUT2D eigenvalue weighted by atomic mass is 32.1. The smallest absolute Gasteiger partial charge is 0.0795 e. The highest BCUT2D eigenvalue weighted by molar-refractivity contribution is 7.07. The monoisotopic (exact) mass is 208 g/mol. The van der Waals surface area contributed by atoms with Crippen molar-refractivity contribution in [1.82, 2.24) is 20.5 Å². The van der Waals surface area contributed by atoms with Crippen LogP contribution >= 0.6 is 11.3 Å². The lowest BCUT2D eigenvalue weighted by Gasteiger charge is -2.00. The van der Waals surface area contributed by atoms with Crippen LogP contribution in [0.25, 0.3) is 0 Å². The minimum Gasteiger partial charge on any atom is -0.307 e. The first kappa shape index (κ1) is 9.36. The van der Waals surface area contributed by atoms with Crippen LogP contribution in [-0.4, -0.2) is 15.2 Å². The first-order valence-corrected chi connectivity index (χ1v) is 5.37. The Labute approximate surface area is 86.4 Å². The zero-order valence-corrected chi connectivity index (χ0v) is 8.77. The van der Waals surface area contributed by atoms with Crippen molar-refractivity contribution in [3.63, 3.8) is 0 Å². The van der Waals surface area contributed by atoms with Crippen molar-refractivity contribution >= 4 is 11.3 Å². The van der Waals surface area contributed by atoms with E-state index in [1.807, 2.05) is 18.6 Å². The van der Waals surface area contributed by atoms with Crippen molar-refractivity contribution in [2.24, 2.45) is 0 Å². The molecule has 2 aromatic rings. The van der Waals surface area contributed by atoms with E-state index in [1.165, 1.54) is 5.56 Å². The van der Waals surface area contributed by atoms with Gasteiger partial charge in [-0.05, 0) is 6.92 Å². The van der Waals surface area contributed by atoms with Gasteiger partial charge in [-0.15, -0.1) is 11.3 Å². The Morgan fingerprint density at radius 1 is 1.50 bits per heavy atom. The molecule has 0 saturated carbocycles.